The molecule has 0 aliphatic carbocycles. The number of nitrogens with zero attached hydrogens (tertiary/aromatic N) is 2. The molecule has 0 aliphatic rings. The van der Waals surface area contributed by atoms with Crippen LogP contribution >= 0.6 is 12.2 Å². The molecule has 1 aromatic carbocycles. The van der Waals surface area contributed by atoms with E-state index in [9.17, 15) is 0 Å². The Kier molecular flexibility index (Phi) is 3.85. The summed E-state index contributed by atoms with van der Waals surface area (Å²) in [7, 11) is 0. The van der Waals surface area contributed by atoms with Crippen LogP contribution in [0.1, 0.15) is 41.5 Å². The van der Waals surface area contributed by atoms with E-state index in [-0.39, 0.29) is 10.8 Å². The molecule has 0 spiro atoms. The van der Waals surface area contributed by atoms with Gasteiger partial charge in [-0.25, -0.2) is 0 Å². The van der Waals surface area contributed by atoms with Gasteiger partial charge >= 0.3 is 0 Å². The Morgan fingerprint density at radius 1 is 0.800 bits per heavy atom. The predicted octanol–water partition coefficient (Wildman–Crippen LogP) is 5.26. The predicted molar refractivity (Wildman–Crippen MR) is 89.7 cm³/mol. The van der Waals surface area contributed by atoms with Crippen molar-refractivity contribution >= 4 is 23.3 Å². The lowest BCUT2D eigenvalue weighted by atomic mass is 9.97. The quantitative estimate of drug-likeness (QED) is 0.685. The van der Waals surface area contributed by atoms with Crippen molar-refractivity contribution in [1.29, 1.82) is 0 Å². The molecule has 0 radical (unpaired) electrons. The third kappa shape index (κ3) is 3.32. The first kappa shape index (κ1) is 15.3. The Morgan fingerprint density at radius 3 is 1.45 bits per heavy atom. The van der Waals surface area contributed by atoms with E-state index < -0.39 is 0 Å². The minimum Gasteiger partial charge on any atom is -0.316 e. The van der Waals surface area contributed by atoms with Crippen LogP contribution in [0.4, 0.5) is 0 Å². The third-order valence-corrected chi connectivity index (χ3v) is 3.63. The van der Waals surface area contributed by atoms with E-state index in [1.54, 1.807) is 0 Å². The van der Waals surface area contributed by atoms with Crippen molar-refractivity contribution in [3.05, 3.63) is 29.0 Å². The molecule has 0 aliphatic heterocycles. The standard InChI is InChI=1S/C17H26N2S/c1-16(2,3)11-18-13-9-7-8-10-14(13)19(15(18)20)12-17(4,5)6/h7-10H,11-12H2,1-6H3. The van der Waals surface area contributed by atoms with Crippen LogP contribution in [0.5, 0.6) is 0 Å². The summed E-state index contributed by atoms with van der Waals surface area (Å²) in [6.45, 7) is 15.4. The summed E-state index contributed by atoms with van der Waals surface area (Å²) in [4.78, 5) is 0. The summed E-state index contributed by atoms with van der Waals surface area (Å²) >= 11 is 5.75. The van der Waals surface area contributed by atoms with Gasteiger partial charge in [0, 0.05) is 13.1 Å². The number of hydrogen-bond donors (Lipinski definition) is 0. The zero-order valence-corrected chi connectivity index (χ0v) is 14.3. The Balaban J connectivity index is 2.65. The number of benzene rings is 1. The van der Waals surface area contributed by atoms with Crippen molar-refractivity contribution in [2.75, 3.05) is 0 Å². The topological polar surface area (TPSA) is 9.86 Å². The molecule has 0 unspecified atom stereocenters. The molecule has 0 saturated carbocycles. The molecular formula is C17H26N2S. The van der Waals surface area contributed by atoms with Crippen molar-refractivity contribution in [3.8, 4) is 0 Å². The van der Waals surface area contributed by atoms with Gasteiger partial charge in [0.15, 0.2) is 4.77 Å². The fourth-order valence-corrected chi connectivity index (χ4v) is 2.85. The Morgan fingerprint density at radius 2 is 1.15 bits per heavy atom. The molecule has 0 bridgehead atoms. The van der Waals surface area contributed by atoms with Gasteiger partial charge in [-0.3, -0.25) is 0 Å². The van der Waals surface area contributed by atoms with E-state index in [2.05, 4.69) is 74.9 Å². The molecule has 20 heavy (non-hydrogen) atoms. The molecule has 110 valence electrons. The summed E-state index contributed by atoms with van der Waals surface area (Å²) in [6, 6.07) is 8.54. The maximum Gasteiger partial charge on any atom is 0.180 e. The monoisotopic (exact) mass is 290 g/mol. The fraction of sp³-hybridized carbons (Fsp3) is 0.588. The average molecular weight is 290 g/mol. The molecule has 0 atom stereocenters. The van der Waals surface area contributed by atoms with Crippen LogP contribution in [0, 0.1) is 15.6 Å². The van der Waals surface area contributed by atoms with E-state index in [0.29, 0.717) is 0 Å². The highest BCUT2D eigenvalue weighted by Gasteiger charge is 2.19. The number of rotatable bonds is 2. The van der Waals surface area contributed by atoms with Crippen LogP contribution in [0.25, 0.3) is 11.0 Å². The molecular weight excluding hydrogens is 264 g/mol. The maximum atomic E-state index is 5.75. The van der Waals surface area contributed by atoms with Gasteiger partial charge in [0.05, 0.1) is 11.0 Å². The van der Waals surface area contributed by atoms with Crippen LogP contribution in [-0.2, 0) is 13.1 Å². The molecule has 0 amide bonds. The molecule has 3 heteroatoms. The lowest BCUT2D eigenvalue weighted by Crippen LogP contribution is -2.18. The van der Waals surface area contributed by atoms with E-state index in [0.717, 1.165) is 17.9 Å². The van der Waals surface area contributed by atoms with Crippen LogP contribution in [-0.4, -0.2) is 9.13 Å². The fourth-order valence-electron chi connectivity index (χ4n) is 2.53. The normalized spacial score (nSPS) is 13.1. The van der Waals surface area contributed by atoms with Gasteiger partial charge in [0.25, 0.3) is 0 Å². The van der Waals surface area contributed by atoms with Crippen LogP contribution in [0.3, 0.4) is 0 Å². The number of para-hydroxylation sites is 2. The minimum atomic E-state index is 0.217. The maximum absolute atomic E-state index is 5.75. The smallest absolute Gasteiger partial charge is 0.180 e. The van der Waals surface area contributed by atoms with Gasteiger partial charge in [-0.05, 0) is 35.2 Å². The zero-order valence-electron chi connectivity index (χ0n) is 13.5. The number of fused-ring (bicyclic) bond motifs is 1. The van der Waals surface area contributed by atoms with Crippen molar-refractivity contribution < 1.29 is 0 Å². The average Bonchev–Trinajstić information content (AvgIpc) is 2.52. The van der Waals surface area contributed by atoms with Crippen molar-refractivity contribution in [1.82, 2.24) is 9.13 Å². The summed E-state index contributed by atoms with van der Waals surface area (Å²) in [5.41, 5.74) is 2.93. The molecule has 0 N–H and O–H groups in total. The zero-order chi connectivity index (χ0) is 15.1. The second-order valence-corrected chi connectivity index (χ2v) is 8.43. The molecule has 1 aromatic heterocycles. The molecule has 2 aromatic rings. The number of aromatic nitrogens is 2. The summed E-state index contributed by atoms with van der Waals surface area (Å²) < 4.78 is 5.52. The largest absolute Gasteiger partial charge is 0.316 e. The Labute approximate surface area is 127 Å². The summed E-state index contributed by atoms with van der Waals surface area (Å²) in [5, 5.41) is 0. The van der Waals surface area contributed by atoms with E-state index in [4.69, 9.17) is 12.2 Å². The summed E-state index contributed by atoms with van der Waals surface area (Å²) in [6.07, 6.45) is 0. The Bertz CT molecular complexity index is 607. The number of imidazole rings is 1. The molecule has 2 nitrogen and oxygen atoms in total. The summed E-state index contributed by atoms with van der Waals surface area (Å²) in [5.74, 6) is 0. The van der Waals surface area contributed by atoms with Crippen molar-refractivity contribution in [3.63, 3.8) is 0 Å². The number of hydrogen-bond acceptors (Lipinski definition) is 1. The van der Waals surface area contributed by atoms with E-state index in [1.807, 2.05) is 0 Å². The Hall–Kier alpha value is -1.09. The van der Waals surface area contributed by atoms with Gasteiger partial charge < -0.3 is 9.13 Å². The lowest BCUT2D eigenvalue weighted by molar-refractivity contribution is 0.327. The van der Waals surface area contributed by atoms with Gasteiger partial charge in [-0.1, -0.05) is 53.7 Å². The van der Waals surface area contributed by atoms with E-state index >= 15 is 0 Å². The molecule has 0 saturated heterocycles. The third-order valence-electron chi connectivity index (χ3n) is 3.19. The highest BCUT2D eigenvalue weighted by Crippen LogP contribution is 2.26. The highest BCUT2D eigenvalue weighted by atomic mass is 32.1. The molecule has 0 fully saturated rings. The lowest BCUT2D eigenvalue weighted by Gasteiger charge is -2.21. The van der Waals surface area contributed by atoms with Crippen LogP contribution < -0.4 is 0 Å². The first-order valence-electron chi connectivity index (χ1n) is 7.27. The van der Waals surface area contributed by atoms with Gasteiger partial charge in [0.2, 0.25) is 0 Å². The minimum absolute atomic E-state index is 0.217. The van der Waals surface area contributed by atoms with Crippen LogP contribution in [0.2, 0.25) is 0 Å². The van der Waals surface area contributed by atoms with Gasteiger partial charge in [-0.15, -0.1) is 0 Å². The van der Waals surface area contributed by atoms with Gasteiger partial charge in [0.1, 0.15) is 0 Å². The second-order valence-electron chi connectivity index (χ2n) is 8.06. The van der Waals surface area contributed by atoms with Crippen LogP contribution in [0.15, 0.2) is 24.3 Å². The highest BCUT2D eigenvalue weighted by molar-refractivity contribution is 7.71. The van der Waals surface area contributed by atoms with Crippen molar-refractivity contribution in [2.45, 2.75) is 54.6 Å². The van der Waals surface area contributed by atoms with Crippen molar-refractivity contribution in [2.24, 2.45) is 10.8 Å². The van der Waals surface area contributed by atoms with E-state index in [1.165, 1.54) is 11.0 Å². The molecule has 2 rings (SSSR count). The molecule has 1 heterocycles. The SMILES string of the molecule is CC(C)(C)Cn1c(=S)n(CC(C)(C)C)c2ccccc21. The second kappa shape index (κ2) is 5.03. The first-order chi connectivity index (χ1) is 9.08. The first-order valence-corrected chi connectivity index (χ1v) is 7.67. The van der Waals surface area contributed by atoms with Gasteiger partial charge in [-0.2, -0.15) is 0 Å².